The van der Waals surface area contributed by atoms with Gasteiger partial charge < -0.3 is 10.1 Å². The minimum absolute atomic E-state index is 0.108. The van der Waals surface area contributed by atoms with Gasteiger partial charge in [-0.15, -0.1) is 0 Å². The molecule has 1 N–H and O–H groups in total. The fraction of sp³-hybridized carbons (Fsp3) is 0.280. The number of allylic oxidation sites excluding steroid dienone is 2. The molecule has 0 radical (unpaired) electrons. The van der Waals surface area contributed by atoms with Gasteiger partial charge in [0.05, 0.1) is 23.1 Å². The second-order valence-corrected chi connectivity index (χ2v) is 9.08. The Morgan fingerprint density at radius 3 is 2.45 bits per heavy atom. The summed E-state index contributed by atoms with van der Waals surface area (Å²) < 4.78 is 5.14. The quantitative estimate of drug-likeness (QED) is 0.413. The summed E-state index contributed by atoms with van der Waals surface area (Å²) in [5.41, 5.74) is 1.84. The third-order valence-electron chi connectivity index (χ3n) is 6.62. The first-order valence-electron chi connectivity index (χ1n) is 10.7. The maximum absolute atomic E-state index is 13.0. The number of hydrogen-bond acceptors (Lipinski definition) is 5. The van der Waals surface area contributed by atoms with Crippen molar-refractivity contribution in [2.75, 3.05) is 16.8 Å². The third kappa shape index (κ3) is 3.72. The minimum Gasteiger partial charge on any atom is -0.452 e. The van der Waals surface area contributed by atoms with Crippen LogP contribution in [-0.4, -0.2) is 30.3 Å². The number of hydrogen-bond donors (Lipinski definition) is 1. The minimum atomic E-state index is -0.726. The standard InChI is InChI=1S/C25H21ClN2O5/c1-13-5-8-17(26)11-19(13)27-20(29)12-33-25(32)16-3-2-4-18(10-16)28-23(30)21-14-6-7-15(9-14)22(21)24(28)31/h2-8,10-11,14-15,21-22H,9,12H2,1H3,(H,27,29)/t14-,15-,21-,22-/m0/s1. The fourth-order valence-electron chi connectivity index (χ4n) is 5.06. The summed E-state index contributed by atoms with van der Waals surface area (Å²) in [6.07, 6.45) is 4.91. The van der Waals surface area contributed by atoms with E-state index in [1.54, 1.807) is 30.3 Å². The van der Waals surface area contributed by atoms with Crippen LogP contribution in [0.25, 0.3) is 0 Å². The van der Waals surface area contributed by atoms with Crippen LogP contribution in [0.4, 0.5) is 11.4 Å². The number of imide groups is 1. The second-order valence-electron chi connectivity index (χ2n) is 8.65. The highest BCUT2D eigenvalue weighted by molar-refractivity contribution is 6.31. The zero-order chi connectivity index (χ0) is 23.3. The van der Waals surface area contributed by atoms with E-state index in [0.29, 0.717) is 16.4 Å². The lowest BCUT2D eigenvalue weighted by Gasteiger charge is -2.18. The van der Waals surface area contributed by atoms with E-state index < -0.39 is 18.5 Å². The van der Waals surface area contributed by atoms with Crippen LogP contribution in [0.15, 0.2) is 54.6 Å². The Morgan fingerprint density at radius 2 is 1.76 bits per heavy atom. The topological polar surface area (TPSA) is 92.8 Å². The maximum atomic E-state index is 13.0. The van der Waals surface area contributed by atoms with E-state index in [1.165, 1.54) is 17.0 Å². The van der Waals surface area contributed by atoms with Gasteiger partial charge in [-0.25, -0.2) is 9.69 Å². The van der Waals surface area contributed by atoms with Crippen LogP contribution in [0, 0.1) is 30.6 Å². The first-order chi connectivity index (χ1) is 15.8. The van der Waals surface area contributed by atoms with Gasteiger partial charge >= 0.3 is 5.97 Å². The number of aryl methyl sites for hydroxylation is 1. The summed E-state index contributed by atoms with van der Waals surface area (Å²) in [6.45, 7) is 1.33. The molecule has 2 aromatic rings. The normalized spacial score (nSPS) is 24.8. The number of fused-ring (bicyclic) bond motifs is 5. The number of carbonyl (C=O) groups is 4. The highest BCUT2D eigenvalue weighted by Gasteiger charge is 2.59. The Balaban J connectivity index is 1.25. The van der Waals surface area contributed by atoms with Crippen molar-refractivity contribution in [2.45, 2.75) is 13.3 Å². The number of benzene rings is 2. The lowest BCUT2D eigenvalue weighted by molar-refractivity contribution is -0.123. The van der Waals surface area contributed by atoms with Crippen molar-refractivity contribution >= 4 is 46.7 Å². The van der Waals surface area contributed by atoms with Crippen molar-refractivity contribution in [1.82, 2.24) is 0 Å². The molecule has 2 bridgehead atoms. The van der Waals surface area contributed by atoms with E-state index in [2.05, 4.69) is 5.32 Å². The molecule has 1 saturated carbocycles. The van der Waals surface area contributed by atoms with Gasteiger partial charge in [0, 0.05) is 10.7 Å². The summed E-state index contributed by atoms with van der Waals surface area (Å²) >= 11 is 5.96. The lowest BCUT2D eigenvalue weighted by atomic mass is 9.85. The Labute approximate surface area is 195 Å². The van der Waals surface area contributed by atoms with Crippen LogP contribution < -0.4 is 10.2 Å². The van der Waals surface area contributed by atoms with Crippen LogP contribution in [-0.2, 0) is 19.1 Å². The van der Waals surface area contributed by atoms with Gasteiger partial charge in [0.2, 0.25) is 11.8 Å². The maximum Gasteiger partial charge on any atom is 0.338 e. The molecule has 3 aliphatic rings. The highest BCUT2D eigenvalue weighted by atomic mass is 35.5. The Morgan fingerprint density at radius 1 is 1.06 bits per heavy atom. The Bertz CT molecular complexity index is 1190. The average Bonchev–Trinajstić information content (AvgIpc) is 3.48. The first kappa shape index (κ1) is 21.4. The van der Waals surface area contributed by atoms with Gasteiger partial charge in [-0.3, -0.25) is 14.4 Å². The van der Waals surface area contributed by atoms with Gasteiger partial charge in [-0.05, 0) is 61.1 Å². The molecule has 1 heterocycles. The molecule has 0 unspecified atom stereocenters. The SMILES string of the molecule is Cc1ccc(Cl)cc1NC(=O)COC(=O)c1cccc(N2C(=O)[C@@H]3[C@@H](C2=O)[C@H]2C=C[C@H]3C2)c1. The van der Waals surface area contributed by atoms with Crippen molar-refractivity contribution in [2.24, 2.45) is 23.7 Å². The molecule has 8 heteroatoms. The Kier molecular flexibility index (Phi) is 5.29. The third-order valence-corrected chi connectivity index (χ3v) is 6.85. The van der Waals surface area contributed by atoms with Crippen molar-refractivity contribution in [3.63, 3.8) is 0 Å². The molecule has 1 saturated heterocycles. The summed E-state index contributed by atoms with van der Waals surface area (Å²) in [6, 6.07) is 11.3. The van der Waals surface area contributed by atoms with Gasteiger partial charge in [0.15, 0.2) is 6.61 Å². The van der Waals surface area contributed by atoms with Gasteiger partial charge in [-0.1, -0.05) is 35.9 Å². The highest BCUT2D eigenvalue weighted by Crippen LogP contribution is 2.53. The molecule has 168 valence electrons. The predicted octanol–water partition coefficient (Wildman–Crippen LogP) is 3.76. The zero-order valence-corrected chi connectivity index (χ0v) is 18.5. The lowest BCUT2D eigenvalue weighted by Crippen LogP contribution is -2.33. The summed E-state index contributed by atoms with van der Waals surface area (Å²) in [5, 5.41) is 3.13. The Hall–Kier alpha value is -3.45. The molecule has 2 fully saturated rings. The van der Waals surface area contributed by atoms with Crippen LogP contribution >= 0.6 is 11.6 Å². The van der Waals surface area contributed by atoms with E-state index >= 15 is 0 Å². The molecule has 0 aromatic heterocycles. The number of rotatable bonds is 5. The molecule has 0 spiro atoms. The van der Waals surface area contributed by atoms with E-state index in [-0.39, 0.29) is 41.0 Å². The summed E-state index contributed by atoms with van der Waals surface area (Å²) in [5.74, 6) is -2.09. The van der Waals surface area contributed by atoms with Crippen molar-refractivity contribution in [3.05, 3.63) is 70.8 Å². The molecule has 7 nitrogen and oxygen atoms in total. The molecular formula is C25H21ClN2O5. The fourth-order valence-corrected chi connectivity index (χ4v) is 5.23. The van der Waals surface area contributed by atoms with E-state index in [4.69, 9.17) is 16.3 Å². The zero-order valence-electron chi connectivity index (χ0n) is 17.8. The van der Waals surface area contributed by atoms with E-state index in [1.807, 2.05) is 19.1 Å². The number of nitrogens with one attached hydrogen (secondary N) is 1. The van der Waals surface area contributed by atoms with Crippen molar-refractivity contribution in [3.8, 4) is 0 Å². The molecule has 2 aromatic carbocycles. The van der Waals surface area contributed by atoms with Crippen molar-refractivity contribution in [1.29, 1.82) is 0 Å². The number of anilines is 2. The molecule has 4 atom stereocenters. The van der Waals surface area contributed by atoms with E-state index in [0.717, 1.165) is 12.0 Å². The summed E-state index contributed by atoms with van der Waals surface area (Å²) in [7, 11) is 0. The molecule has 5 rings (SSSR count). The molecule has 3 amide bonds. The van der Waals surface area contributed by atoms with Gasteiger partial charge in [0.1, 0.15) is 0 Å². The number of esters is 1. The number of nitrogens with zero attached hydrogens (tertiary/aromatic N) is 1. The molecule has 2 aliphatic carbocycles. The summed E-state index contributed by atoms with van der Waals surface area (Å²) in [4.78, 5) is 51.9. The van der Waals surface area contributed by atoms with Crippen LogP contribution in [0.1, 0.15) is 22.3 Å². The number of carbonyl (C=O) groups excluding carboxylic acids is 4. The predicted molar refractivity (Wildman–Crippen MR) is 122 cm³/mol. The second kappa shape index (κ2) is 8.15. The number of amides is 3. The number of ether oxygens (including phenoxy) is 1. The molecule has 33 heavy (non-hydrogen) atoms. The van der Waals surface area contributed by atoms with Crippen LogP contribution in [0.2, 0.25) is 5.02 Å². The van der Waals surface area contributed by atoms with E-state index in [9.17, 15) is 19.2 Å². The molecule has 1 aliphatic heterocycles. The van der Waals surface area contributed by atoms with Crippen LogP contribution in [0.5, 0.6) is 0 Å². The van der Waals surface area contributed by atoms with Gasteiger partial charge in [-0.2, -0.15) is 0 Å². The monoisotopic (exact) mass is 464 g/mol. The first-order valence-corrected chi connectivity index (χ1v) is 11.1. The molecular weight excluding hydrogens is 444 g/mol. The van der Waals surface area contributed by atoms with Gasteiger partial charge in [0.25, 0.3) is 5.91 Å². The van der Waals surface area contributed by atoms with Crippen molar-refractivity contribution < 1.29 is 23.9 Å². The smallest absolute Gasteiger partial charge is 0.338 e. The van der Waals surface area contributed by atoms with Crippen LogP contribution in [0.3, 0.4) is 0 Å². The number of halogens is 1. The largest absolute Gasteiger partial charge is 0.452 e. The average molecular weight is 465 g/mol.